The minimum Gasteiger partial charge on any atom is -0.290 e. The molecule has 0 heterocycles. The van der Waals surface area contributed by atoms with Crippen molar-refractivity contribution in [3.05, 3.63) is 23.3 Å². The average molecular weight is 439 g/mol. The first-order valence-corrected chi connectivity index (χ1v) is 14.3. The van der Waals surface area contributed by atoms with Gasteiger partial charge in [-0.3, -0.25) is 4.79 Å². The fourth-order valence-electron chi connectivity index (χ4n) is 8.05. The molecule has 0 radical (unpaired) electrons. The lowest BCUT2D eigenvalue weighted by atomic mass is 9.73. The molecule has 4 fully saturated rings. The van der Waals surface area contributed by atoms with E-state index in [0.29, 0.717) is 16.6 Å². The summed E-state index contributed by atoms with van der Waals surface area (Å²) >= 11 is 0. The second-order valence-corrected chi connectivity index (χ2v) is 13.2. The number of carbonyl (C=O) groups is 1. The second kappa shape index (κ2) is 10.2. The van der Waals surface area contributed by atoms with Gasteiger partial charge in [-0.25, -0.2) is 0 Å². The van der Waals surface area contributed by atoms with Crippen LogP contribution in [0.4, 0.5) is 0 Å². The molecule has 180 valence electrons. The van der Waals surface area contributed by atoms with E-state index < -0.39 is 0 Å². The van der Waals surface area contributed by atoms with Crippen LogP contribution in [0.15, 0.2) is 23.3 Å². The Hall–Kier alpha value is -0.850. The molecule has 0 aliphatic heterocycles. The highest BCUT2D eigenvalue weighted by Gasteiger charge is 2.48. The van der Waals surface area contributed by atoms with Crippen LogP contribution < -0.4 is 0 Å². The zero-order valence-corrected chi connectivity index (χ0v) is 21.7. The van der Waals surface area contributed by atoms with Crippen molar-refractivity contribution >= 4 is 5.78 Å². The number of carbonyl (C=O) groups excluding carboxylic acids is 1. The number of hydrogen-bond donors (Lipinski definition) is 0. The molecule has 0 amide bonds. The Morgan fingerprint density at radius 1 is 0.719 bits per heavy atom. The van der Waals surface area contributed by atoms with Gasteiger partial charge < -0.3 is 0 Å². The highest BCUT2D eigenvalue weighted by molar-refractivity contribution is 6.00. The summed E-state index contributed by atoms with van der Waals surface area (Å²) in [4.78, 5) is 13.6. The van der Waals surface area contributed by atoms with Crippen LogP contribution in [0.5, 0.6) is 0 Å². The van der Waals surface area contributed by atoms with E-state index in [-0.39, 0.29) is 0 Å². The van der Waals surface area contributed by atoms with E-state index in [1.165, 1.54) is 101 Å². The van der Waals surface area contributed by atoms with E-state index in [1.54, 1.807) is 0 Å². The summed E-state index contributed by atoms with van der Waals surface area (Å²) in [7, 11) is 0. The van der Waals surface area contributed by atoms with E-state index in [1.807, 2.05) is 0 Å². The largest absolute Gasteiger partial charge is 0.290 e. The summed E-state index contributed by atoms with van der Waals surface area (Å²) < 4.78 is 0. The predicted molar refractivity (Wildman–Crippen MR) is 137 cm³/mol. The summed E-state index contributed by atoms with van der Waals surface area (Å²) in [6.07, 6.45) is 25.4. The number of hydrogen-bond acceptors (Lipinski definition) is 1. The summed E-state index contributed by atoms with van der Waals surface area (Å²) in [5.41, 5.74) is 3.84. The van der Waals surface area contributed by atoms with Crippen molar-refractivity contribution in [2.45, 2.75) is 130 Å². The molecule has 4 bridgehead atoms. The molecule has 1 nitrogen and oxygen atoms in total. The van der Waals surface area contributed by atoms with Gasteiger partial charge in [0.15, 0.2) is 5.78 Å². The first-order valence-electron chi connectivity index (χ1n) is 14.3. The van der Waals surface area contributed by atoms with Gasteiger partial charge in [-0.15, -0.1) is 0 Å². The highest BCUT2D eigenvalue weighted by atomic mass is 16.1. The maximum absolute atomic E-state index is 13.6. The molecule has 0 N–H and O–H groups in total. The predicted octanol–water partition coefficient (Wildman–Crippen LogP) is 9.22. The van der Waals surface area contributed by atoms with Crippen molar-refractivity contribution in [2.24, 2.45) is 34.5 Å². The third-order valence-electron chi connectivity index (χ3n) is 9.93. The van der Waals surface area contributed by atoms with Crippen molar-refractivity contribution in [3.63, 3.8) is 0 Å². The molecule has 0 atom stereocenters. The van der Waals surface area contributed by atoms with Crippen molar-refractivity contribution in [1.82, 2.24) is 0 Å². The molecule has 4 saturated carbocycles. The zero-order valence-electron chi connectivity index (χ0n) is 21.7. The molecule has 0 aromatic heterocycles. The van der Waals surface area contributed by atoms with Gasteiger partial charge in [0.2, 0.25) is 0 Å². The summed E-state index contributed by atoms with van der Waals surface area (Å²) in [5, 5.41) is 0. The molecule has 4 aliphatic rings. The van der Waals surface area contributed by atoms with Gasteiger partial charge in [0.05, 0.1) is 0 Å². The van der Waals surface area contributed by atoms with E-state index in [9.17, 15) is 4.79 Å². The number of ketones is 1. The lowest BCUT2D eigenvalue weighted by molar-refractivity contribution is -0.110. The standard InChI is InChI=1S/C31H50O/c1-23(2)7-5-9-27(30-15-11-25(21-30)12-16-30)19-29(32)20-28(10-6-8-24(3)4)31-17-13-26(22-31)14-18-31/h19-20,23-26H,5-18,21-22H2,1-4H3. The van der Waals surface area contributed by atoms with Crippen LogP contribution in [0.3, 0.4) is 0 Å². The maximum atomic E-state index is 13.6. The molecule has 0 aromatic carbocycles. The Kier molecular flexibility index (Phi) is 7.73. The van der Waals surface area contributed by atoms with Crippen molar-refractivity contribution < 1.29 is 4.79 Å². The Morgan fingerprint density at radius 3 is 1.38 bits per heavy atom. The second-order valence-electron chi connectivity index (χ2n) is 13.2. The normalized spacial score (nSPS) is 34.4. The zero-order chi connectivity index (χ0) is 22.8. The molecule has 1 heteroatoms. The number of allylic oxidation sites excluding steroid dienone is 4. The van der Waals surface area contributed by atoms with Gasteiger partial charge in [0.25, 0.3) is 0 Å². The van der Waals surface area contributed by atoms with Gasteiger partial charge in [-0.2, -0.15) is 0 Å². The Labute approximate surface area is 198 Å². The van der Waals surface area contributed by atoms with E-state index in [2.05, 4.69) is 39.8 Å². The summed E-state index contributed by atoms with van der Waals surface area (Å²) in [6, 6.07) is 0. The molecule has 0 unspecified atom stereocenters. The minimum atomic E-state index is 0.332. The first-order chi connectivity index (χ1) is 15.3. The maximum Gasteiger partial charge on any atom is 0.178 e. The third-order valence-corrected chi connectivity index (χ3v) is 9.93. The van der Waals surface area contributed by atoms with E-state index in [4.69, 9.17) is 0 Å². The Bertz CT molecular complexity index is 645. The van der Waals surface area contributed by atoms with E-state index in [0.717, 1.165) is 36.5 Å². The first kappa shape index (κ1) is 24.3. The van der Waals surface area contributed by atoms with Crippen LogP contribution >= 0.6 is 0 Å². The van der Waals surface area contributed by atoms with Crippen LogP contribution in [0.2, 0.25) is 0 Å². The minimum absolute atomic E-state index is 0.332. The van der Waals surface area contributed by atoms with Gasteiger partial charge >= 0.3 is 0 Å². The van der Waals surface area contributed by atoms with E-state index >= 15 is 0 Å². The molecule has 4 rings (SSSR count). The Balaban J connectivity index is 1.54. The highest BCUT2D eigenvalue weighted by Crippen LogP contribution is 2.60. The number of fused-ring (bicyclic) bond motifs is 4. The Morgan fingerprint density at radius 2 is 1.09 bits per heavy atom. The van der Waals surface area contributed by atoms with Gasteiger partial charge in [0.1, 0.15) is 0 Å². The SMILES string of the molecule is CC(C)CCCC(=CC(=O)C=C(CCCC(C)C)C12CCC(CC1)C2)C12CCC(CC1)C2. The quantitative estimate of drug-likeness (QED) is 0.277. The van der Waals surface area contributed by atoms with Gasteiger partial charge in [-0.05, 0) is 137 Å². The lowest BCUT2D eigenvalue weighted by Crippen LogP contribution is -2.20. The molecular weight excluding hydrogens is 388 g/mol. The van der Waals surface area contributed by atoms with Gasteiger partial charge in [0, 0.05) is 0 Å². The third kappa shape index (κ3) is 5.44. The average Bonchev–Trinajstić information content (AvgIpc) is 3.53. The number of rotatable bonds is 12. The fraction of sp³-hybridized carbons (Fsp3) is 0.839. The molecule has 0 spiro atoms. The van der Waals surface area contributed by atoms with Crippen molar-refractivity contribution in [2.75, 3.05) is 0 Å². The van der Waals surface area contributed by atoms with Crippen molar-refractivity contribution in [3.8, 4) is 0 Å². The molecule has 32 heavy (non-hydrogen) atoms. The van der Waals surface area contributed by atoms with Crippen LogP contribution in [-0.4, -0.2) is 5.78 Å². The summed E-state index contributed by atoms with van der Waals surface area (Å²) in [6.45, 7) is 9.32. The molecule has 4 aliphatic carbocycles. The smallest absolute Gasteiger partial charge is 0.178 e. The van der Waals surface area contributed by atoms with Crippen LogP contribution in [0.1, 0.15) is 130 Å². The van der Waals surface area contributed by atoms with Crippen molar-refractivity contribution in [1.29, 1.82) is 0 Å². The van der Waals surface area contributed by atoms with Crippen LogP contribution in [0.25, 0.3) is 0 Å². The molecule has 0 saturated heterocycles. The lowest BCUT2D eigenvalue weighted by Gasteiger charge is -2.31. The van der Waals surface area contributed by atoms with Gasteiger partial charge in [-0.1, -0.05) is 51.7 Å². The van der Waals surface area contributed by atoms with Crippen LogP contribution in [0, 0.1) is 34.5 Å². The monoisotopic (exact) mass is 438 g/mol. The summed E-state index contributed by atoms with van der Waals surface area (Å²) in [5.74, 6) is 3.72. The topological polar surface area (TPSA) is 17.1 Å². The fourth-order valence-corrected chi connectivity index (χ4v) is 8.05. The van der Waals surface area contributed by atoms with Crippen LogP contribution in [-0.2, 0) is 4.79 Å². The molecular formula is C31H50O. The molecule has 0 aromatic rings.